The van der Waals surface area contributed by atoms with Crippen molar-refractivity contribution >= 4 is 5.97 Å². The highest BCUT2D eigenvalue weighted by atomic mass is 16.5. The third kappa shape index (κ3) is 2.88. The fourth-order valence-electron chi connectivity index (χ4n) is 1.61. The molecule has 5 heteroatoms. The van der Waals surface area contributed by atoms with Gasteiger partial charge >= 0.3 is 5.97 Å². The minimum atomic E-state index is -0.290. The van der Waals surface area contributed by atoms with E-state index in [9.17, 15) is 4.79 Å². The predicted octanol–water partition coefficient (Wildman–Crippen LogP) is 1.64. The lowest BCUT2D eigenvalue weighted by molar-refractivity contribution is -0.142. The molecule has 0 aliphatic heterocycles. The molecule has 0 aliphatic rings. The van der Waals surface area contributed by atoms with Crippen LogP contribution in [0.5, 0.6) is 0 Å². The molecule has 92 valence electrons. The molecule has 0 spiro atoms. The molecule has 0 N–H and O–H groups in total. The minimum Gasteiger partial charge on any atom is -0.466 e. The fourth-order valence-corrected chi connectivity index (χ4v) is 1.61. The van der Waals surface area contributed by atoms with Gasteiger partial charge < -0.3 is 4.74 Å². The molecule has 2 heterocycles. The van der Waals surface area contributed by atoms with E-state index in [2.05, 4.69) is 15.0 Å². The molecule has 0 unspecified atom stereocenters. The van der Waals surface area contributed by atoms with Gasteiger partial charge in [-0.05, 0) is 13.0 Å². The average molecular weight is 243 g/mol. The maximum atomic E-state index is 11.5. The lowest BCUT2D eigenvalue weighted by atomic mass is 10.1. The maximum absolute atomic E-state index is 11.5. The van der Waals surface area contributed by atoms with Gasteiger partial charge in [0.15, 0.2) is 0 Å². The molecule has 0 bridgehead atoms. The zero-order valence-electron chi connectivity index (χ0n) is 10.0. The van der Waals surface area contributed by atoms with Gasteiger partial charge in [0.1, 0.15) is 6.33 Å². The van der Waals surface area contributed by atoms with Crippen molar-refractivity contribution in [3.05, 3.63) is 42.7 Å². The zero-order valence-corrected chi connectivity index (χ0v) is 10.0. The summed E-state index contributed by atoms with van der Waals surface area (Å²) in [5.74, 6) is -0.290. The summed E-state index contributed by atoms with van der Waals surface area (Å²) in [6.45, 7) is 2.14. The number of pyridine rings is 1. The molecule has 2 rings (SSSR count). The van der Waals surface area contributed by atoms with Gasteiger partial charge in [0.05, 0.1) is 18.7 Å². The second-order valence-electron chi connectivity index (χ2n) is 3.61. The Labute approximate surface area is 105 Å². The van der Waals surface area contributed by atoms with Crippen LogP contribution in [-0.2, 0) is 16.0 Å². The van der Waals surface area contributed by atoms with E-state index in [1.807, 2.05) is 12.1 Å². The lowest BCUT2D eigenvalue weighted by Crippen LogP contribution is -2.10. The molecule has 0 atom stereocenters. The first-order valence-corrected chi connectivity index (χ1v) is 5.66. The molecule has 0 fully saturated rings. The van der Waals surface area contributed by atoms with E-state index in [1.54, 1.807) is 25.5 Å². The van der Waals surface area contributed by atoms with E-state index in [1.165, 1.54) is 6.33 Å². The van der Waals surface area contributed by atoms with Crippen LogP contribution in [0.25, 0.3) is 11.1 Å². The Morgan fingerprint density at radius 3 is 2.94 bits per heavy atom. The van der Waals surface area contributed by atoms with Gasteiger partial charge in [-0.25, -0.2) is 9.97 Å². The van der Waals surface area contributed by atoms with Crippen molar-refractivity contribution in [2.24, 2.45) is 0 Å². The summed E-state index contributed by atoms with van der Waals surface area (Å²) in [7, 11) is 0. The fraction of sp³-hybridized carbons (Fsp3) is 0.231. The number of carbonyl (C=O) groups is 1. The lowest BCUT2D eigenvalue weighted by Gasteiger charge is -2.07. The first kappa shape index (κ1) is 12.2. The number of carbonyl (C=O) groups excluding carboxylic acids is 1. The number of hydrogen-bond donors (Lipinski definition) is 0. The van der Waals surface area contributed by atoms with E-state index in [-0.39, 0.29) is 12.4 Å². The number of esters is 1. The first-order chi connectivity index (χ1) is 8.81. The van der Waals surface area contributed by atoms with Crippen molar-refractivity contribution in [3.8, 4) is 11.1 Å². The van der Waals surface area contributed by atoms with Crippen molar-refractivity contribution in [1.29, 1.82) is 0 Å². The third-order valence-electron chi connectivity index (χ3n) is 2.38. The number of aromatic nitrogens is 3. The molecule has 18 heavy (non-hydrogen) atoms. The number of ether oxygens (including phenoxy) is 1. The highest BCUT2D eigenvalue weighted by Crippen LogP contribution is 2.20. The molecule has 0 radical (unpaired) electrons. The van der Waals surface area contributed by atoms with Crippen LogP contribution in [-0.4, -0.2) is 27.5 Å². The van der Waals surface area contributed by atoms with Crippen LogP contribution in [0.1, 0.15) is 12.6 Å². The second kappa shape index (κ2) is 5.86. The van der Waals surface area contributed by atoms with Crippen molar-refractivity contribution in [3.63, 3.8) is 0 Å². The van der Waals surface area contributed by atoms with E-state index in [0.29, 0.717) is 12.3 Å². The van der Waals surface area contributed by atoms with Crippen LogP contribution < -0.4 is 0 Å². The summed E-state index contributed by atoms with van der Waals surface area (Å²) in [4.78, 5) is 23.7. The molecule has 0 amide bonds. The highest BCUT2D eigenvalue weighted by Gasteiger charge is 2.11. The van der Waals surface area contributed by atoms with Gasteiger partial charge in [0.25, 0.3) is 0 Å². The Balaban J connectivity index is 2.29. The standard InChI is InChI=1S/C13H13N3O2/c1-2-18-13(17)6-12-11(8-15-9-16-12)10-4-3-5-14-7-10/h3-5,7-9H,2,6H2,1H3. The Kier molecular flexibility index (Phi) is 3.96. The first-order valence-electron chi connectivity index (χ1n) is 5.66. The second-order valence-corrected chi connectivity index (χ2v) is 3.61. The SMILES string of the molecule is CCOC(=O)Cc1ncncc1-c1cccnc1. The van der Waals surface area contributed by atoms with Crippen molar-refractivity contribution in [2.45, 2.75) is 13.3 Å². The van der Waals surface area contributed by atoms with Crippen molar-refractivity contribution < 1.29 is 9.53 Å². The summed E-state index contributed by atoms with van der Waals surface area (Å²) >= 11 is 0. The summed E-state index contributed by atoms with van der Waals surface area (Å²) in [5.41, 5.74) is 2.34. The minimum absolute atomic E-state index is 0.139. The van der Waals surface area contributed by atoms with Crippen LogP contribution in [0.4, 0.5) is 0 Å². The topological polar surface area (TPSA) is 65.0 Å². The summed E-state index contributed by atoms with van der Waals surface area (Å²) in [5, 5.41) is 0. The van der Waals surface area contributed by atoms with Crippen molar-refractivity contribution in [2.75, 3.05) is 6.61 Å². The van der Waals surface area contributed by atoms with Gasteiger partial charge in [-0.15, -0.1) is 0 Å². The van der Waals surface area contributed by atoms with E-state index in [0.717, 1.165) is 11.1 Å². The van der Waals surface area contributed by atoms with Gasteiger partial charge in [-0.2, -0.15) is 0 Å². The Morgan fingerprint density at radius 1 is 1.33 bits per heavy atom. The Morgan fingerprint density at radius 2 is 2.22 bits per heavy atom. The van der Waals surface area contributed by atoms with Gasteiger partial charge in [0.2, 0.25) is 0 Å². The smallest absolute Gasteiger partial charge is 0.311 e. The summed E-state index contributed by atoms with van der Waals surface area (Å²) < 4.78 is 4.92. The average Bonchev–Trinajstić information content (AvgIpc) is 2.40. The normalized spacial score (nSPS) is 10.1. The van der Waals surface area contributed by atoms with Crippen LogP contribution >= 0.6 is 0 Å². The van der Waals surface area contributed by atoms with E-state index < -0.39 is 0 Å². The number of hydrogen-bond acceptors (Lipinski definition) is 5. The quantitative estimate of drug-likeness (QED) is 0.764. The maximum Gasteiger partial charge on any atom is 0.311 e. The highest BCUT2D eigenvalue weighted by molar-refractivity contribution is 5.76. The summed E-state index contributed by atoms with van der Waals surface area (Å²) in [6, 6.07) is 3.73. The molecule has 2 aromatic rings. The van der Waals surface area contributed by atoms with Crippen molar-refractivity contribution in [1.82, 2.24) is 15.0 Å². The Hall–Kier alpha value is -2.30. The molecule has 0 aromatic carbocycles. The summed E-state index contributed by atoms with van der Waals surface area (Å²) in [6.07, 6.45) is 6.65. The van der Waals surface area contributed by atoms with Crippen LogP contribution in [0, 0.1) is 0 Å². The molecule has 0 aliphatic carbocycles. The third-order valence-corrected chi connectivity index (χ3v) is 2.38. The predicted molar refractivity (Wildman–Crippen MR) is 65.6 cm³/mol. The molecule has 0 saturated heterocycles. The largest absolute Gasteiger partial charge is 0.466 e. The number of nitrogens with zero attached hydrogens (tertiary/aromatic N) is 3. The van der Waals surface area contributed by atoms with E-state index in [4.69, 9.17) is 4.74 Å². The van der Waals surface area contributed by atoms with Gasteiger partial charge in [-0.3, -0.25) is 9.78 Å². The molecule has 2 aromatic heterocycles. The van der Waals surface area contributed by atoms with Crippen LogP contribution in [0.2, 0.25) is 0 Å². The van der Waals surface area contributed by atoms with Gasteiger partial charge in [-0.1, -0.05) is 6.07 Å². The molecule has 0 saturated carbocycles. The molecular weight excluding hydrogens is 230 g/mol. The molecule has 5 nitrogen and oxygen atoms in total. The molecular formula is C13H13N3O2. The number of rotatable bonds is 4. The zero-order chi connectivity index (χ0) is 12.8. The van der Waals surface area contributed by atoms with E-state index >= 15 is 0 Å². The monoisotopic (exact) mass is 243 g/mol. The Bertz CT molecular complexity index is 529. The van der Waals surface area contributed by atoms with Crippen LogP contribution in [0.15, 0.2) is 37.1 Å². The van der Waals surface area contributed by atoms with Gasteiger partial charge in [0, 0.05) is 29.7 Å². The van der Waals surface area contributed by atoms with Crippen LogP contribution in [0.3, 0.4) is 0 Å².